The van der Waals surface area contributed by atoms with Crippen molar-refractivity contribution in [1.29, 1.82) is 0 Å². The summed E-state index contributed by atoms with van der Waals surface area (Å²) in [4.78, 5) is 9.48. The second kappa shape index (κ2) is 9.33. The molecule has 1 aliphatic carbocycles. The normalized spacial score (nSPS) is 15.5. The maximum atomic E-state index is 13.6. The number of thiazole rings is 1. The van der Waals surface area contributed by atoms with Crippen molar-refractivity contribution >= 4 is 22.2 Å². The van der Waals surface area contributed by atoms with Gasteiger partial charge in [0.15, 0.2) is 4.80 Å². The third-order valence-electron chi connectivity index (χ3n) is 6.39. The Hall–Kier alpha value is -2.86. The molecule has 0 atom stereocenters. The first-order valence-corrected chi connectivity index (χ1v) is 12.2. The number of aromatic nitrogens is 2. The number of benzene rings is 2. The van der Waals surface area contributed by atoms with Crippen LogP contribution in [0, 0.1) is 5.82 Å². The van der Waals surface area contributed by atoms with E-state index in [1.807, 2.05) is 24.4 Å². The first-order chi connectivity index (χ1) is 15.7. The summed E-state index contributed by atoms with van der Waals surface area (Å²) in [5.74, 6) is 0.641. The minimum Gasteiger partial charge on any atom is -0.497 e. The van der Waals surface area contributed by atoms with Crippen molar-refractivity contribution in [3.05, 3.63) is 70.2 Å². The highest BCUT2D eigenvalue weighted by Crippen LogP contribution is 2.26. The van der Waals surface area contributed by atoms with E-state index in [2.05, 4.69) is 27.1 Å². The topological polar surface area (TPSA) is 42.3 Å². The number of ether oxygens (including phenoxy) is 1. The van der Waals surface area contributed by atoms with Crippen molar-refractivity contribution in [2.45, 2.75) is 51.1 Å². The van der Waals surface area contributed by atoms with Crippen molar-refractivity contribution in [2.75, 3.05) is 7.11 Å². The highest BCUT2D eigenvalue weighted by molar-refractivity contribution is 7.07. The Morgan fingerprint density at radius 2 is 1.94 bits per heavy atom. The predicted molar refractivity (Wildman–Crippen MR) is 129 cm³/mol. The van der Waals surface area contributed by atoms with Crippen LogP contribution in [0.15, 0.2) is 59.0 Å². The number of methoxy groups -OCH3 is 1. The molecule has 1 aliphatic rings. The molecule has 1 N–H and O–H groups in total. The first-order valence-electron chi connectivity index (χ1n) is 11.3. The van der Waals surface area contributed by atoms with Crippen LogP contribution in [0.2, 0.25) is 0 Å². The zero-order chi connectivity index (χ0) is 21.9. The summed E-state index contributed by atoms with van der Waals surface area (Å²) in [7, 11) is 1.69. The number of halogens is 1. The molecule has 4 nitrogen and oxygen atoms in total. The molecule has 5 rings (SSSR count). The Bertz CT molecular complexity index is 1260. The Morgan fingerprint density at radius 1 is 1.12 bits per heavy atom. The maximum Gasteiger partial charge on any atom is 0.185 e. The van der Waals surface area contributed by atoms with Gasteiger partial charge in [-0.2, -0.15) is 0 Å². The predicted octanol–water partition coefficient (Wildman–Crippen LogP) is 6.32. The van der Waals surface area contributed by atoms with E-state index in [-0.39, 0.29) is 5.82 Å². The van der Waals surface area contributed by atoms with E-state index in [0.717, 1.165) is 40.0 Å². The molecule has 0 radical (unpaired) electrons. The average molecular weight is 450 g/mol. The van der Waals surface area contributed by atoms with Gasteiger partial charge >= 0.3 is 0 Å². The quantitative estimate of drug-likeness (QED) is 0.368. The average Bonchev–Trinajstić information content (AvgIpc) is 3.41. The van der Waals surface area contributed by atoms with Gasteiger partial charge in [0.2, 0.25) is 0 Å². The van der Waals surface area contributed by atoms with Crippen LogP contribution in [0.1, 0.15) is 37.7 Å². The van der Waals surface area contributed by atoms with Gasteiger partial charge in [-0.25, -0.2) is 4.39 Å². The number of aryl methyl sites for hydroxylation is 1. The summed E-state index contributed by atoms with van der Waals surface area (Å²) < 4.78 is 21.3. The standard InChI is InChI=1S/C26H28FN3OS/c1-31-22-10-7-18(8-11-22)25-17-32-26(29-21-5-3-2-4-6-21)30(25)14-13-19-16-28-24-15-20(27)9-12-23(19)24/h7-12,15-17,21,28H,2-6,13-14H2,1H3. The molecule has 32 heavy (non-hydrogen) atoms. The Morgan fingerprint density at radius 3 is 2.72 bits per heavy atom. The molecule has 4 aromatic rings. The number of fused-ring (bicyclic) bond motifs is 1. The van der Waals surface area contributed by atoms with Crippen LogP contribution in [0.5, 0.6) is 5.75 Å². The van der Waals surface area contributed by atoms with Gasteiger partial charge in [0, 0.05) is 29.0 Å². The van der Waals surface area contributed by atoms with Gasteiger partial charge in [-0.05, 0) is 72.9 Å². The molecule has 0 saturated heterocycles. The van der Waals surface area contributed by atoms with Gasteiger partial charge < -0.3 is 14.3 Å². The third-order valence-corrected chi connectivity index (χ3v) is 7.26. The maximum absolute atomic E-state index is 13.6. The largest absolute Gasteiger partial charge is 0.497 e. The Kier molecular flexibility index (Phi) is 6.12. The summed E-state index contributed by atoms with van der Waals surface area (Å²) in [5, 5.41) is 3.30. The smallest absolute Gasteiger partial charge is 0.185 e. The number of hydrogen-bond donors (Lipinski definition) is 1. The Labute approximate surface area is 191 Å². The molecule has 0 unspecified atom stereocenters. The number of nitrogens with one attached hydrogen (secondary N) is 1. The van der Waals surface area contributed by atoms with Gasteiger partial charge in [0.1, 0.15) is 11.6 Å². The SMILES string of the molecule is COc1ccc(-c2csc(=NC3CCCCC3)n2CCc2c[nH]c3cc(F)ccc23)cc1. The summed E-state index contributed by atoms with van der Waals surface area (Å²) in [5.41, 5.74) is 4.38. The lowest BCUT2D eigenvalue weighted by Crippen LogP contribution is -2.22. The molecule has 166 valence electrons. The molecule has 0 aliphatic heterocycles. The molecular formula is C26H28FN3OS. The van der Waals surface area contributed by atoms with E-state index < -0.39 is 0 Å². The van der Waals surface area contributed by atoms with E-state index in [4.69, 9.17) is 9.73 Å². The molecule has 2 aromatic heterocycles. The fraction of sp³-hybridized carbons (Fsp3) is 0.346. The van der Waals surface area contributed by atoms with Crippen LogP contribution in [-0.2, 0) is 13.0 Å². The molecule has 1 fully saturated rings. The number of hydrogen-bond acceptors (Lipinski definition) is 3. The zero-order valence-corrected chi connectivity index (χ0v) is 19.1. The minimum absolute atomic E-state index is 0.214. The monoisotopic (exact) mass is 449 g/mol. The van der Waals surface area contributed by atoms with Gasteiger partial charge in [0.05, 0.1) is 18.8 Å². The van der Waals surface area contributed by atoms with Gasteiger partial charge in [-0.3, -0.25) is 4.99 Å². The molecule has 0 amide bonds. The van der Waals surface area contributed by atoms with Crippen LogP contribution in [-0.4, -0.2) is 22.7 Å². The molecule has 1 saturated carbocycles. The highest BCUT2D eigenvalue weighted by atomic mass is 32.1. The molecule has 6 heteroatoms. The summed E-state index contributed by atoms with van der Waals surface area (Å²) in [6.07, 6.45) is 9.10. The van der Waals surface area contributed by atoms with Gasteiger partial charge in [0.25, 0.3) is 0 Å². The van der Waals surface area contributed by atoms with E-state index in [0.29, 0.717) is 6.04 Å². The second-order valence-corrected chi connectivity index (χ2v) is 9.29. The van der Waals surface area contributed by atoms with E-state index in [1.165, 1.54) is 49.4 Å². The van der Waals surface area contributed by atoms with Crippen LogP contribution in [0.25, 0.3) is 22.2 Å². The molecular weight excluding hydrogens is 421 g/mol. The van der Waals surface area contributed by atoms with Gasteiger partial charge in [-0.15, -0.1) is 11.3 Å². The summed E-state index contributed by atoms with van der Waals surface area (Å²) in [6.45, 7) is 0.820. The molecule has 0 bridgehead atoms. The number of aromatic amines is 1. The lowest BCUT2D eigenvalue weighted by molar-refractivity contribution is 0.415. The van der Waals surface area contributed by atoms with Gasteiger partial charge in [-0.1, -0.05) is 19.3 Å². The van der Waals surface area contributed by atoms with Crippen molar-refractivity contribution in [3.63, 3.8) is 0 Å². The molecule has 2 heterocycles. The van der Waals surface area contributed by atoms with E-state index >= 15 is 0 Å². The van der Waals surface area contributed by atoms with Crippen molar-refractivity contribution in [2.24, 2.45) is 4.99 Å². The zero-order valence-electron chi connectivity index (χ0n) is 18.3. The van der Waals surface area contributed by atoms with Crippen molar-refractivity contribution in [3.8, 4) is 17.0 Å². The summed E-state index contributed by atoms with van der Waals surface area (Å²) in [6, 6.07) is 13.6. The lowest BCUT2D eigenvalue weighted by Gasteiger charge is -2.17. The van der Waals surface area contributed by atoms with Crippen LogP contribution >= 0.6 is 11.3 Å². The molecule has 0 spiro atoms. The minimum atomic E-state index is -0.214. The lowest BCUT2D eigenvalue weighted by atomic mass is 9.96. The van der Waals surface area contributed by atoms with Crippen molar-refractivity contribution in [1.82, 2.24) is 9.55 Å². The highest BCUT2D eigenvalue weighted by Gasteiger charge is 2.15. The van der Waals surface area contributed by atoms with Crippen LogP contribution < -0.4 is 9.54 Å². The fourth-order valence-electron chi connectivity index (χ4n) is 4.60. The number of rotatable bonds is 6. The number of nitrogens with zero attached hydrogens (tertiary/aromatic N) is 2. The third kappa shape index (κ3) is 4.37. The Balaban J connectivity index is 1.49. The molecule has 2 aromatic carbocycles. The van der Waals surface area contributed by atoms with E-state index in [9.17, 15) is 4.39 Å². The summed E-state index contributed by atoms with van der Waals surface area (Å²) >= 11 is 1.73. The van der Waals surface area contributed by atoms with Crippen molar-refractivity contribution < 1.29 is 9.13 Å². The fourth-order valence-corrected chi connectivity index (χ4v) is 5.61. The number of H-pyrrole nitrogens is 1. The van der Waals surface area contributed by atoms with Crippen LogP contribution in [0.3, 0.4) is 0 Å². The van der Waals surface area contributed by atoms with E-state index in [1.54, 1.807) is 24.5 Å². The van der Waals surface area contributed by atoms with Crippen LogP contribution in [0.4, 0.5) is 4.39 Å². The first kappa shape index (κ1) is 21.0. The second-order valence-electron chi connectivity index (χ2n) is 8.46.